The number of benzene rings is 1. The lowest BCUT2D eigenvalue weighted by Gasteiger charge is -2.25. The summed E-state index contributed by atoms with van der Waals surface area (Å²) in [7, 11) is 0. The van der Waals surface area contributed by atoms with E-state index in [0.29, 0.717) is 18.8 Å². The molecule has 2 amide bonds. The highest BCUT2D eigenvalue weighted by molar-refractivity contribution is 7.81. The molecule has 25 heavy (non-hydrogen) atoms. The van der Waals surface area contributed by atoms with E-state index in [4.69, 9.17) is 5.11 Å². The molecule has 2 N–H and O–H groups in total. The van der Waals surface area contributed by atoms with Gasteiger partial charge in [0.25, 0.3) is 0 Å². The zero-order chi connectivity index (χ0) is 18.0. The fraction of sp³-hybridized carbons (Fsp3) is 0.500. The smallest absolute Gasteiger partial charge is 0.323 e. The summed E-state index contributed by atoms with van der Waals surface area (Å²) in [5.41, 5.74) is 0.999. The Bertz CT molecular complexity index is 666. The average Bonchev–Trinajstić information content (AvgIpc) is 3.36. The molecule has 0 radical (unpaired) electrons. The van der Waals surface area contributed by atoms with E-state index in [9.17, 15) is 14.4 Å². The van der Waals surface area contributed by atoms with Gasteiger partial charge in [-0.3, -0.25) is 14.4 Å². The summed E-state index contributed by atoms with van der Waals surface area (Å²) in [6.07, 6.45) is 2.71. The van der Waals surface area contributed by atoms with Crippen molar-refractivity contribution in [3.05, 3.63) is 35.9 Å². The van der Waals surface area contributed by atoms with Crippen LogP contribution in [-0.4, -0.2) is 51.7 Å². The molecule has 1 heterocycles. The molecule has 3 rings (SSSR count). The monoisotopic (exact) mass is 362 g/mol. The Morgan fingerprint density at radius 3 is 2.68 bits per heavy atom. The van der Waals surface area contributed by atoms with E-state index in [2.05, 4.69) is 17.9 Å². The van der Waals surface area contributed by atoms with Gasteiger partial charge in [0.05, 0.1) is 5.25 Å². The Labute approximate surface area is 152 Å². The largest absolute Gasteiger partial charge is 0.480 e. The molecule has 1 aromatic rings. The van der Waals surface area contributed by atoms with E-state index in [1.54, 1.807) is 0 Å². The molecule has 7 heteroatoms. The molecule has 4 atom stereocenters. The maximum Gasteiger partial charge on any atom is 0.323 e. The van der Waals surface area contributed by atoms with Gasteiger partial charge in [-0.15, -0.1) is 0 Å². The molecule has 0 spiro atoms. The van der Waals surface area contributed by atoms with Crippen molar-refractivity contribution in [1.82, 2.24) is 10.2 Å². The van der Waals surface area contributed by atoms with Crippen molar-refractivity contribution >= 4 is 30.4 Å². The molecular weight excluding hydrogens is 340 g/mol. The molecule has 134 valence electrons. The number of hydrogen-bond acceptors (Lipinski definition) is 4. The first-order valence-electron chi connectivity index (χ1n) is 8.50. The molecule has 0 bridgehead atoms. The third-order valence-electron chi connectivity index (χ3n) is 4.89. The second kappa shape index (κ2) is 7.47. The van der Waals surface area contributed by atoms with E-state index in [1.807, 2.05) is 30.3 Å². The van der Waals surface area contributed by atoms with Crippen molar-refractivity contribution < 1.29 is 19.5 Å². The molecule has 0 aromatic heterocycles. The molecule has 0 unspecified atom stereocenters. The van der Waals surface area contributed by atoms with Crippen molar-refractivity contribution in [1.29, 1.82) is 0 Å². The number of aliphatic carboxylic acids is 1. The number of amides is 2. The molecule has 1 aliphatic carbocycles. The first-order valence-corrected chi connectivity index (χ1v) is 9.02. The highest BCUT2D eigenvalue weighted by atomic mass is 32.1. The van der Waals surface area contributed by atoms with Crippen molar-refractivity contribution in [2.24, 2.45) is 5.92 Å². The standard InChI is InChI=1S/C18H22N2O4S/c21-16(22)10-20-14-9-12(14)6-7-13(18(20)24)19-17(23)15(25)8-11-4-2-1-3-5-11/h1-5,12-15,25H,6-10H2,(H,19,23)(H,21,22)/t12-,13-,14+,15-/m0/s1. The van der Waals surface area contributed by atoms with Gasteiger partial charge in [-0.05, 0) is 37.2 Å². The number of carboxylic acid groups (broad SMARTS) is 1. The summed E-state index contributed by atoms with van der Waals surface area (Å²) in [6.45, 7) is -0.305. The van der Waals surface area contributed by atoms with Gasteiger partial charge in [-0.1, -0.05) is 30.3 Å². The molecule has 2 aliphatic rings. The number of nitrogens with one attached hydrogen (secondary N) is 1. The topological polar surface area (TPSA) is 86.7 Å². The van der Waals surface area contributed by atoms with Gasteiger partial charge < -0.3 is 15.3 Å². The number of carbonyl (C=O) groups excluding carboxylic acids is 2. The minimum Gasteiger partial charge on any atom is -0.480 e. The first kappa shape index (κ1) is 17.8. The Morgan fingerprint density at radius 2 is 2.00 bits per heavy atom. The summed E-state index contributed by atoms with van der Waals surface area (Å²) in [5, 5.41) is 11.3. The highest BCUT2D eigenvalue weighted by Crippen LogP contribution is 2.42. The van der Waals surface area contributed by atoms with Crippen LogP contribution in [-0.2, 0) is 20.8 Å². The molecule has 1 aliphatic heterocycles. The van der Waals surface area contributed by atoms with Crippen LogP contribution in [0.2, 0.25) is 0 Å². The van der Waals surface area contributed by atoms with Gasteiger partial charge >= 0.3 is 5.97 Å². The number of carboxylic acids is 1. The zero-order valence-electron chi connectivity index (χ0n) is 13.8. The quantitative estimate of drug-likeness (QED) is 0.662. The van der Waals surface area contributed by atoms with Crippen LogP contribution in [0.25, 0.3) is 0 Å². The third-order valence-corrected chi connectivity index (χ3v) is 5.31. The Morgan fingerprint density at radius 1 is 1.28 bits per heavy atom. The molecule has 2 fully saturated rings. The van der Waals surface area contributed by atoms with Crippen LogP contribution in [0, 0.1) is 5.92 Å². The van der Waals surface area contributed by atoms with Crippen LogP contribution in [0.5, 0.6) is 0 Å². The number of carbonyl (C=O) groups is 3. The van der Waals surface area contributed by atoms with Gasteiger partial charge in [0.1, 0.15) is 12.6 Å². The normalized spacial score (nSPS) is 26.4. The van der Waals surface area contributed by atoms with Crippen LogP contribution < -0.4 is 5.32 Å². The molecular formula is C18H22N2O4S. The van der Waals surface area contributed by atoms with Crippen LogP contribution in [0.3, 0.4) is 0 Å². The minimum atomic E-state index is -1.03. The van der Waals surface area contributed by atoms with Crippen molar-refractivity contribution in [3.63, 3.8) is 0 Å². The number of rotatable bonds is 6. The summed E-state index contributed by atoms with van der Waals surface area (Å²) in [4.78, 5) is 37.5. The number of fused-ring (bicyclic) bond motifs is 1. The molecule has 6 nitrogen and oxygen atoms in total. The summed E-state index contributed by atoms with van der Waals surface area (Å²) in [5.74, 6) is -1.25. The van der Waals surface area contributed by atoms with E-state index in [0.717, 1.165) is 18.4 Å². The van der Waals surface area contributed by atoms with Crippen molar-refractivity contribution in [3.8, 4) is 0 Å². The third kappa shape index (κ3) is 4.34. The number of likely N-dealkylation sites (tertiary alicyclic amines) is 1. The fourth-order valence-corrected chi connectivity index (χ4v) is 3.75. The summed E-state index contributed by atoms with van der Waals surface area (Å²) < 4.78 is 0. The lowest BCUT2D eigenvalue weighted by molar-refractivity contribution is -0.146. The molecule has 1 aromatic carbocycles. The zero-order valence-corrected chi connectivity index (χ0v) is 14.7. The second-order valence-electron chi connectivity index (χ2n) is 6.77. The Balaban J connectivity index is 1.61. The maximum atomic E-state index is 12.7. The molecule has 1 saturated carbocycles. The van der Waals surface area contributed by atoms with E-state index in [1.165, 1.54) is 4.90 Å². The summed E-state index contributed by atoms with van der Waals surface area (Å²) in [6, 6.07) is 8.91. The lowest BCUT2D eigenvalue weighted by atomic mass is 10.1. The van der Waals surface area contributed by atoms with Gasteiger partial charge in [0.2, 0.25) is 11.8 Å². The number of nitrogens with zero attached hydrogens (tertiary/aromatic N) is 1. The lowest BCUT2D eigenvalue weighted by Crippen LogP contribution is -2.51. The highest BCUT2D eigenvalue weighted by Gasteiger charge is 2.48. The number of thiol groups is 1. The van der Waals surface area contributed by atoms with Gasteiger partial charge in [-0.2, -0.15) is 12.6 Å². The van der Waals surface area contributed by atoms with E-state index >= 15 is 0 Å². The van der Waals surface area contributed by atoms with Gasteiger partial charge in [0, 0.05) is 6.04 Å². The van der Waals surface area contributed by atoms with Gasteiger partial charge in [0.15, 0.2) is 0 Å². The molecule has 1 saturated heterocycles. The van der Waals surface area contributed by atoms with E-state index in [-0.39, 0.29) is 24.4 Å². The predicted molar refractivity (Wildman–Crippen MR) is 95.3 cm³/mol. The fourth-order valence-electron chi connectivity index (χ4n) is 3.46. The van der Waals surface area contributed by atoms with Crippen LogP contribution in [0.4, 0.5) is 0 Å². The first-order chi connectivity index (χ1) is 12.0. The van der Waals surface area contributed by atoms with Gasteiger partial charge in [-0.25, -0.2) is 0 Å². The van der Waals surface area contributed by atoms with Crippen LogP contribution in [0.15, 0.2) is 30.3 Å². The van der Waals surface area contributed by atoms with Crippen molar-refractivity contribution in [2.75, 3.05) is 6.54 Å². The van der Waals surface area contributed by atoms with Crippen molar-refractivity contribution in [2.45, 2.75) is 43.0 Å². The second-order valence-corrected chi connectivity index (χ2v) is 7.39. The van der Waals surface area contributed by atoms with Crippen LogP contribution >= 0.6 is 12.6 Å². The maximum absolute atomic E-state index is 12.7. The SMILES string of the molecule is O=C(O)CN1C(=O)[C@@H](NC(=O)[C@@H](S)Cc2ccccc2)CC[C@H]2C[C@H]21. The Kier molecular flexibility index (Phi) is 5.32. The summed E-state index contributed by atoms with van der Waals surface area (Å²) >= 11 is 4.37. The number of hydrogen-bond donors (Lipinski definition) is 3. The van der Waals surface area contributed by atoms with E-state index < -0.39 is 17.3 Å². The Hall–Kier alpha value is -2.02. The minimum absolute atomic E-state index is 0.0154. The predicted octanol–water partition coefficient (Wildman–Crippen LogP) is 1.11. The van der Waals surface area contributed by atoms with Crippen LogP contribution in [0.1, 0.15) is 24.8 Å². The average molecular weight is 362 g/mol.